The van der Waals surface area contributed by atoms with Crippen molar-refractivity contribution in [3.8, 4) is 0 Å². The van der Waals surface area contributed by atoms with E-state index in [-0.39, 0.29) is 5.41 Å². The Labute approximate surface area is 92.1 Å². The molecule has 0 radical (unpaired) electrons. The summed E-state index contributed by atoms with van der Waals surface area (Å²) >= 11 is 1.89. The molecule has 0 heterocycles. The molecule has 0 bridgehead atoms. The lowest BCUT2D eigenvalue weighted by Crippen LogP contribution is -2.10. The van der Waals surface area contributed by atoms with Crippen LogP contribution in [0.2, 0.25) is 0 Å². The Morgan fingerprint density at radius 2 is 1.57 bits per heavy atom. The van der Waals surface area contributed by atoms with Gasteiger partial charge in [0, 0.05) is 5.25 Å². The summed E-state index contributed by atoms with van der Waals surface area (Å²) in [7, 11) is 0. The molecule has 1 aromatic carbocycles. The van der Waals surface area contributed by atoms with Gasteiger partial charge in [-0.2, -0.15) is 11.8 Å². The fraction of sp³-hybridized carbons (Fsp3) is 0.538. The quantitative estimate of drug-likeness (QED) is 0.694. The molecule has 1 heteroatoms. The normalized spacial score (nSPS) is 14.1. The first kappa shape index (κ1) is 11.6. The van der Waals surface area contributed by atoms with Crippen LogP contribution in [0.4, 0.5) is 0 Å². The van der Waals surface area contributed by atoms with E-state index in [2.05, 4.69) is 58.2 Å². The first-order valence-electron chi connectivity index (χ1n) is 5.08. The fourth-order valence-electron chi connectivity index (χ4n) is 1.39. The van der Waals surface area contributed by atoms with Gasteiger partial charge in [-0.1, -0.05) is 45.0 Å². The van der Waals surface area contributed by atoms with Crippen LogP contribution in [0.5, 0.6) is 0 Å². The number of thioether (sulfide) groups is 1. The SMILES string of the molecule is CSC(C)c1ccc(C(C)(C)C)cc1. The van der Waals surface area contributed by atoms with Gasteiger partial charge in [-0.25, -0.2) is 0 Å². The summed E-state index contributed by atoms with van der Waals surface area (Å²) < 4.78 is 0. The predicted octanol–water partition coefficient (Wildman–Crippen LogP) is 4.41. The zero-order valence-corrected chi connectivity index (χ0v) is 10.6. The van der Waals surface area contributed by atoms with Gasteiger partial charge in [0.1, 0.15) is 0 Å². The van der Waals surface area contributed by atoms with E-state index in [0.717, 1.165) is 0 Å². The van der Waals surface area contributed by atoms with E-state index in [9.17, 15) is 0 Å². The Morgan fingerprint density at radius 3 is 1.93 bits per heavy atom. The van der Waals surface area contributed by atoms with Crippen LogP contribution < -0.4 is 0 Å². The molecule has 0 aliphatic heterocycles. The number of hydrogen-bond donors (Lipinski definition) is 0. The maximum atomic E-state index is 2.25. The van der Waals surface area contributed by atoms with Crippen LogP contribution in [-0.2, 0) is 5.41 Å². The molecule has 0 aliphatic rings. The summed E-state index contributed by atoms with van der Waals surface area (Å²) in [5.74, 6) is 0. The maximum Gasteiger partial charge on any atom is 0.0266 e. The monoisotopic (exact) mass is 208 g/mol. The summed E-state index contributed by atoms with van der Waals surface area (Å²) in [4.78, 5) is 0. The summed E-state index contributed by atoms with van der Waals surface area (Å²) in [5, 5.41) is 0.601. The topological polar surface area (TPSA) is 0 Å². The molecule has 14 heavy (non-hydrogen) atoms. The van der Waals surface area contributed by atoms with E-state index < -0.39 is 0 Å². The number of benzene rings is 1. The second-order valence-electron chi connectivity index (χ2n) is 4.75. The van der Waals surface area contributed by atoms with Crippen molar-refractivity contribution in [3.63, 3.8) is 0 Å². The molecule has 0 saturated carbocycles. The summed E-state index contributed by atoms with van der Waals surface area (Å²) in [6.45, 7) is 9.00. The summed E-state index contributed by atoms with van der Waals surface area (Å²) in [6.07, 6.45) is 2.16. The van der Waals surface area contributed by atoms with Gasteiger partial charge in [-0.3, -0.25) is 0 Å². The Kier molecular flexibility index (Phi) is 3.65. The minimum atomic E-state index is 0.265. The van der Waals surface area contributed by atoms with E-state index in [1.807, 2.05) is 11.8 Å². The summed E-state index contributed by atoms with van der Waals surface area (Å²) in [5.41, 5.74) is 3.10. The van der Waals surface area contributed by atoms with E-state index in [1.54, 1.807) is 0 Å². The number of rotatable bonds is 2. The molecule has 0 amide bonds. The van der Waals surface area contributed by atoms with Gasteiger partial charge in [0.05, 0.1) is 0 Å². The molecule has 1 aromatic rings. The third kappa shape index (κ3) is 2.78. The molecular weight excluding hydrogens is 188 g/mol. The highest BCUT2D eigenvalue weighted by molar-refractivity contribution is 7.98. The first-order chi connectivity index (χ1) is 6.45. The van der Waals surface area contributed by atoms with Crippen LogP contribution in [0.1, 0.15) is 44.1 Å². The number of hydrogen-bond acceptors (Lipinski definition) is 1. The fourth-order valence-corrected chi connectivity index (χ4v) is 1.82. The standard InChI is InChI=1S/C13H20S/c1-10(14-5)11-6-8-12(9-7-11)13(2,3)4/h6-10H,1-5H3. The average Bonchev–Trinajstić information content (AvgIpc) is 2.15. The minimum absolute atomic E-state index is 0.265. The Morgan fingerprint density at radius 1 is 1.07 bits per heavy atom. The van der Waals surface area contributed by atoms with Crippen molar-refractivity contribution in [1.29, 1.82) is 0 Å². The van der Waals surface area contributed by atoms with Gasteiger partial charge in [0.15, 0.2) is 0 Å². The van der Waals surface area contributed by atoms with Crippen LogP contribution in [0.25, 0.3) is 0 Å². The zero-order valence-electron chi connectivity index (χ0n) is 9.79. The molecule has 78 valence electrons. The van der Waals surface area contributed by atoms with E-state index in [1.165, 1.54) is 11.1 Å². The van der Waals surface area contributed by atoms with Crippen molar-refractivity contribution < 1.29 is 0 Å². The molecule has 0 spiro atoms. The van der Waals surface area contributed by atoms with Crippen molar-refractivity contribution in [2.45, 2.75) is 38.4 Å². The van der Waals surface area contributed by atoms with Gasteiger partial charge in [-0.15, -0.1) is 0 Å². The molecule has 0 aromatic heterocycles. The molecule has 0 N–H and O–H groups in total. The van der Waals surface area contributed by atoms with Crippen molar-refractivity contribution in [3.05, 3.63) is 35.4 Å². The molecule has 0 fully saturated rings. The van der Waals surface area contributed by atoms with Gasteiger partial charge in [-0.05, 0) is 29.7 Å². The van der Waals surface area contributed by atoms with Gasteiger partial charge >= 0.3 is 0 Å². The van der Waals surface area contributed by atoms with Gasteiger partial charge < -0.3 is 0 Å². The molecular formula is C13H20S. The summed E-state index contributed by atoms with van der Waals surface area (Å²) in [6, 6.07) is 9.01. The molecule has 0 aliphatic carbocycles. The molecule has 0 nitrogen and oxygen atoms in total. The lowest BCUT2D eigenvalue weighted by atomic mass is 9.86. The maximum absolute atomic E-state index is 2.25. The Balaban J connectivity index is 2.89. The minimum Gasteiger partial charge on any atom is -0.158 e. The van der Waals surface area contributed by atoms with Crippen molar-refractivity contribution in [1.82, 2.24) is 0 Å². The van der Waals surface area contributed by atoms with Crippen molar-refractivity contribution in [2.75, 3.05) is 6.26 Å². The molecule has 1 atom stereocenters. The van der Waals surface area contributed by atoms with Crippen LogP contribution in [-0.4, -0.2) is 6.26 Å². The second-order valence-corrected chi connectivity index (χ2v) is 5.93. The van der Waals surface area contributed by atoms with Gasteiger partial charge in [0.2, 0.25) is 0 Å². The Hall–Kier alpha value is -0.430. The van der Waals surface area contributed by atoms with E-state index >= 15 is 0 Å². The Bertz CT molecular complexity index is 279. The average molecular weight is 208 g/mol. The predicted molar refractivity (Wildman–Crippen MR) is 67.1 cm³/mol. The smallest absolute Gasteiger partial charge is 0.0266 e. The van der Waals surface area contributed by atoms with E-state index in [0.29, 0.717) is 5.25 Å². The third-order valence-electron chi connectivity index (χ3n) is 2.60. The van der Waals surface area contributed by atoms with Crippen molar-refractivity contribution in [2.24, 2.45) is 0 Å². The van der Waals surface area contributed by atoms with Crippen LogP contribution in [0.15, 0.2) is 24.3 Å². The van der Waals surface area contributed by atoms with Crippen LogP contribution >= 0.6 is 11.8 Å². The highest BCUT2D eigenvalue weighted by Crippen LogP contribution is 2.28. The molecule has 1 unspecified atom stereocenters. The van der Waals surface area contributed by atoms with E-state index in [4.69, 9.17) is 0 Å². The third-order valence-corrected chi connectivity index (χ3v) is 3.58. The molecule has 0 saturated heterocycles. The highest BCUT2D eigenvalue weighted by Gasteiger charge is 2.13. The highest BCUT2D eigenvalue weighted by atomic mass is 32.2. The van der Waals surface area contributed by atoms with Crippen molar-refractivity contribution >= 4 is 11.8 Å². The lowest BCUT2D eigenvalue weighted by Gasteiger charge is -2.19. The lowest BCUT2D eigenvalue weighted by molar-refractivity contribution is 0.590. The first-order valence-corrected chi connectivity index (χ1v) is 6.37. The second kappa shape index (κ2) is 4.39. The zero-order chi connectivity index (χ0) is 10.8. The van der Waals surface area contributed by atoms with Crippen LogP contribution in [0, 0.1) is 0 Å². The van der Waals surface area contributed by atoms with Gasteiger partial charge in [0.25, 0.3) is 0 Å². The molecule has 1 rings (SSSR count). The van der Waals surface area contributed by atoms with Crippen LogP contribution in [0.3, 0.4) is 0 Å². The largest absolute Gasteiger partial charge is 0.158 e.